The van der Waals surface area contributed by atoms with Crippen molar-refractivity contribution < 1.29 is 14.3 Å². The lowest BCUT2D eigenvalue weighted by atomic mass is 10.2. The van der Waals surface area contributed by atoms with Gasteiger partial charge in [0.1, 0.15) is 5.15 Å². The average molecular weight is 339 g/mol. The summed E-state index contributed by atoms with van der Waals surface area (Å²) in [5.41, 5.74) is 1.52. The van der Waals surface area contributed by atoms with Crippen molar-refractivity contribution in [3.05, 3.63) is 57.8 Å². The standard InChI is InChI=1S/C15H12Cl2N2O3/c1-9-7-10(16)4-5-12(9)19-13(20)8-22-15(21)11-3-2-6-18-14(11)17/h2-7H,8H2,1H3,(H,19,20). The molecule has 0 unspecified atom stereocenters. The molecule has 0 aliphatic rings. The maximum absolute atomic E-state index is 11.8. The van der Waals surface area contributed by atoms with E-state index in [4.69, 9.17) is 27.9 Å². The molecule has 7 heteroatoms. The van der Waals surface area contributed by atoms with E-state index in [1.165, 1.54) is 12.3 Å². The fourth-order valence-electron chi connectivity index (χ4n) is 1.70. The lowest BCUT2D eigenvalue weighted by molar-refractivity contribution is -0.119. The summed E-state index contributed by atoms with van der Waals surface area (Å²) in [5.74, 6) is -1.17. The molecule has 2 rings (SSSR count). The van der Waals surface area contributed by atoms with Gasteiger partial charge in [-0.3, -0.25) is 4.79 Å². The van der Waals surface area contributed by atoms with E-state index in [0.29, 0.717) is 10.7 Å². The molecule has 0 radical (unpaired) electrons. The van der Waals surface area contributed by atoms with E-state index in [1.54, 1.807) is 24.3 Å². The Morgan fingerprint density at radius 1 is 1.27 bits per heavy atom. The van der Waals surface area contributed by atoms with Gasteiger partial charge in [-0.25, -0.2) is 9.78 Å². The number of halogens is 2. The number of nitrogens with zero attached hydrogens (tertiary/aromatic N) is 1. The first kappa shape index (κ1) is 16.3. The number of amides is 1. The van der Waals surface area contributed by atoms with Crippen molar-refractivity contribution in [2.24, 2.45) is 0 Å². The molecule has 1 aromatic heterocycles. The van der Waals surface area contributed by atoms with Gasteiger partial charge in [0, 0.05) is 16.9 Å². The van der Waals surface area contributed by atoms with Gasteiger partial charge in [0.2, 0.25) is 0 Å². The van der Waals surface area contributed by atoms with Gasteiger partial charge in [0.25, 0.3) is 5.91 Å². The molecule has 0 bridgehead atoms. The van der Waals surface area contributed by atoms with Gasteiger partial charge >= 0.3 is 5.97 Å². The van der Waals surface area contributed by atoms with Crippen molar-refractivity contribution >= 4 is 40.8 Å². The van der Waals surface area contributed by atoms with Gasteiger partial charge in [-0.15, -0.1) is 0 Å². The van der Waals surface area contributed by atoms with E-state index < -0.39 is 18.5 Å². The molecule has 22 heavy (non-hydrogen) atoms. The van der Waals surface area contributed by atoms with Crippen LogP contribution in [0.1, 0.15) is 15.9 Å². The van der Waals surface area contributed by atoms with Gasteiger partial charge in [0.05, 0.1) is 5.56 Å². The number of aryl methyl sites for hydroxylation is 1. The first-order valence-electron chi connectivity index (χ1n) is 6.31. The van der Waals surface area contributed by atoms with Crippen LogP contribution < -0.4 is 5.32 Å². The molecule has 1 amide bonds. The maximum atomic E-state index is 11.8. The molecular weight excluding hydrogens is 327 g/mol. The van der Waals surface area contributed by atoms with Crippen molar-refractivity contribution in [1.82, 2.24) is 4.98 Å². The minimum atomic E-state index is -0.707. The van der Waals surface area contributed by atoms with Crippen LogP contribution in [-0.2, 0) is 9.53 Å². The number of aromatic nitrogens is 1. The zero-order valence-electron chi connectivity index (χ0n) is 11.6. The van der Waals surface area contributed by atoms with Gasteiger partial charge in [0.15, 0.2) is 6.61 Å². The van der Waals surface area contributed by atoms with Crippen molar-refractivity contribution in [2.45, 2.75) is 6.92 Å². The Hall–Kier alpha value is -2.11. The Labute approximate surface area is 137 Å². The van der Waals surface area contributed by atoms with Crippen LogP contribution in [0.15, 0.2) is 36.5 Å². The van der Waals surface area contributed by atoms with Crippen LogP contribution in [0.5, 0.6) is 0 Å². The number of ether oxygens (including phenoxy) is 1. The Bertz CT molecular complexity index is 720. The van der Waals surface area contributed by atoms with Gasteiger partial charge in [-0.05, 0) is 42.8 Å². The number of rotatable bonds is 4. The molecule has 0 aliphatic heterocycles. The second kappa shape index (κ2) is 7.24. The van der Waals surface area contributed by atoms with Gasteiger partial charge < -0.3 is 10.1 Å². The molecule has 0 saturated carbocycles. The number of nitrogens with one attached hydrogen (secondary N) is 1. The molecule has 0 saturated heterocycles. The molecule has 114 valence electrons. The summed E-state index contributed by atoms with van der Waals surface area (Å²) >= 11 is 11.6. The first-order valence-corrected chi connectivity index (χ1v) is 7.06. The van der Waals surface area contributed by atoms with E-state index in [0.717, 1.165) is 5.56 Å². The molecule has 5 nitrogen and oxygen atoms in total. The van der Waals surface area contributed by atoms with Crippen LogP contribution >= 0.6 is 23.2 Å². The minimum Gasteiger partial charge on any atom is -0.452 e. The molecule has 1 heterocycles. The smallest absolute Gasteiger partial charge is 0.341 e. The topological polar surface area (TPSA) is 68.3 Å². The number of benzene rings is 1. The Morgan fingerprint density at radius 2 is 2.05 bits per heavy atom. The molecule has 1 aromatic carbocycles. The Kier molecular flexibility index (Phi) is 5.35. The first-order chi connectivity index (χ1) is 10.5. The van der Waals surface area contributed by atoms with Crippen molar-refractivity contribution in [1.29, 1.82) is 0 Å². The van der Waals surface area contributed by atoms with E-state index >= 15 is 0 Å². The normalized spacial score (nSPS) is 10.1. The second-order valence-corrected chi connectivity index (χ2v) is 5.22. The van der Waals surface area contributed by atoms with Crippen LogP contribution in [0, 0.1) is 6.92 Å². The van der Waals surface area contributed by atoms with Gasteiger partial charge in [-0.1, -0.05) is 23.2 Å². The SMILES string of the molecule is Cc1cc(Cl)ccc1NC(=O)COC(=O)c1cccnc1Cl. The molecule has 0 aliphatic carbocycles. The summed E-state index contributed by atoms with van der Waals surface area (Å²) in [6.07, 6.45) is 1.45. The number of pyridine rings is 1. The predicted octanol–water partition coefficient (Wildman–Crippen LogP) is 3.49. The van der Waals surface area contributed by atoms with E-state index in [2.05, 4.69) is 10.3 Å². The van der Waals surface area contributed by atoms with Crippen LogP contribution in [0.3, 0.4) is 0 Å². The third-order valence-electron chi connectivity index (χ3n) is 2.78. The summed E-state index contributed by atoms with van der Waals surface area (Å²) in [6.45, 7) is 1.38. The average Bonchev–Trinajstić information content (AvgIpc) is 2.48. The number of hydrogen-bond acceptors (Lipinski definition) is 4. The van der Waals surface area contributed by atoms with Crippen LogP contribution in [0.25, 0.3) is 0 Å². The summed E-state index contributed by atoms with van der Waals surface area (Å²) < 4.78 is 4.91. The maximum Gasteiger partial charge on any atom is 0.341 e. The zero-order chi connectivity index (χ0) is 16.1. The van der Waals surface area contributed by atoms with Crippen LogP contribution in [0.2, 0.25) is 10.2 Å². The third-order valence-corrected chi connectivity index (χ3v) is 3.31. The van der Waals surface area contributed by atoms with Crippen molar-refractivity contribution in [2.75, 3.05) is 11.9 Å². The molecule has 2 aromatic rings. The fourth-order valence-corrected chi connectivity index (χ4v) is 2.12. The highest BCUT2D eigenvalue weighted by Gasteiger charge is 2.14. The summed E-state index contributed by atoms with van der Waals surface area (Å²) in [7, 11) is 0. The van der Waals surface area contributed by atoms with E-state index in [1.807, 2.05) is 6.92 Å². The Balaban J connectivity index is 1.93. The third kappa shape index (κ3) is 4.19. The highest BCUT2D eigenvalue weighted by molar-refractivity contribution is 6.32. The molecule has 1 N–H and O–H groups in total. The number of anilines is 1. The van der Waals surface area contributed by atoms with E-state index in [-0.39, 0.29) is 10.7 Å². The highest BCUT2D eigenvalue weighted by atomic mass is 35.5. The number of carbonyl (C=O) groups excluding carboxylic acids is 2. The Morgan fingerprint density at radius 3 is 2.73 bits per heavy atom. The van der Waals surface area contributed by atoms with Crippen molar-refractivity contribution in [3.8, 4) is 0 Å². The minimum absolute atomic E-state index is 0.0291. The van der Waals surface area contributed by atoms with Crippen LogP contribution in [-0.4, -0.2) is 23.5 Å². The van der Waals surface area contributed by atoms with Crippen molar-refractivity contribution in [3.63, 3.8) is 0 Å². The summed E-state index contributed by atoms with van der Waals surface area (Å²) in [4.78, 5) is 27.4. The van der Waals surface area contributed by atoms with E-state index in [9.17, 15) is 9.59 Å². The predicted molar refractivity (Wildman–Crippen MR) is 84.3 cm³/mol. The fraction of sp³-hybridized carbons (Fsp3) is 0.133. The molecule has 0 fully saturated rings. The second-order valence-electron chi connectivity index (χ2n) is 4.43. The zero-order valence-corrected chi connectivity index (χ0v) is 13.1. The van der Waals surface area contributed by atoms with Crippen LogP contribution in [0.4, 0.5) is 5.69 Å². The number of esters is 1. The molecule has 0 atom stereocenters. The highest BCUT2D eigenvalue weighted by Crippen LogP contribution is 2.19. The molecule has 0 spiro atoms. The molecular formula is C15H12Cl2N2O3. The summed E-state index contributed by atoms with van der Waals surface area (Å²) in [6, 6.07) is 8.08. The number of hydrogen-bond donors (Lipinski definition) is 1. The lowest BCUT2D eigenvalue weighted by Gasteiger charge is -2.09. The largest absolute Gasteiger partial charge is 0.452 e. The van der Waals surface area contributed by atoms with Gasteiger partial charge in [-0.2, -0.15) is 0 Å². The lowest BCUT2D eigenvalue weighted by Crippen LogP contribution is -2.21. The number of carbonyl (C=O) groups is 2. The monoisotopic (exact) mass is 338 g/mol. The summed E-state index contributed by atoms with van der Waals surface area (Å²) in [5, 5.41) is 3.24. The quantitative estimate of drug-likeness (QED) is 0.684.